The molecule has 0 unspecified atom stereocenters. The first-order valence-electron chi connectivity index (χ1n) is 7.41. The fourth-order valence-corrected chi connectivity index (χ4v) is 3.16. The lowest BCUT2D eigenvalue weighted by Crippen LogP contribution is -2.58. The largest absolute Gasteiger partial charge is 0.388 e. The molecule has 21 heavy (non-hydrogen) atoms. The van der Waals surface area contributed by atoms with E-state index in [0.29, 0.717) is 13.1 Å². The van der Waals surface area contributed by atoms with E-state index in [1.807, 2.05) is 64.8 Å². The van der Waals surface area contributed by atoms with Gasteiger partial charge in [0.2, 0.25) is 0 Å². The number of carbonyl (C=O) groups excluding carboxylic acids is 1. The topological polar surface area (TPSA) is 41.6 Å². The molecule has 1 aliphatic heterocycles. The Morgan fingerprint density at radius 1 is 1.19 bits per heavy atom. The van der Waals surface area contributed by atoms with Crippen molar-refractivity contribution in [3.05, 3.63) is 29.3 Å². The molecule has 4 nitrogen and oxygen atoms in total. The molecule has 116 valence electrons. The van der Waals surface area contributed by atoms with E-state index in [1.54, 1.807) is 0 Å². The maximum absolute atomic E-state index is 12.8. The molecular formula is C17H26N2O2. The van der Waals surface area contributed by atoms with Crippen molar-refractivity contribution >= 4 is 11.6 Å². The van der Waals surface area contributed by atoms with Crippen LogP contribution in [-0.2, 0) is 4.74 Å². The van der Waals surface area contributed by atoms with Gasteiger partial charge in [-0.3, -0.25) is 4.79 Å². The number of rotatable bonds is 2. The first-order valence-corrected chi connectivity index (χ1v) is 7.41. The molecule has 0 radical (unpaired) electrons. The van der Waals surface area contributed by atoms with Gasteiger partial charge in [0.25, 0.3) is 5.91 Å². The molecule has 1 N–H and O–H groups in total. The summed E-state index contributed by atoms with van der Waals surface area (Å²) >= 11 is 0. The Bertz CT molecular complexity index is 534. The molecule has 0 spiro atoms. The van der Waals surface area contributed by atoms with Crippen molar-refractivity contribution in [1.29, 1.82) is 0 Å². The van der Waals surface area contributed by atoms with Gasteiger partial charge in [-0.05, 0) is 58.4 Å². The Hall–Kier alpha value is -1.55. The molecule has 0 atom stereocenters. The molecule has 1 fully saturated rings. The minimum Gasteiger partial charge on any atom is -0.388 e. The van der Waals surface area contributed by atoms with E-state index >= 15 is 0 Å². The molecule has 2 rings (SSSR count). The van der Waals surface area contributed by atoms with E-state index < -0.39 is 0 Å². The molecule has 1 saturated heterocycles. The van der Waals surface area contributed by atoms with Gasteiger partial charge >= 0.3 is 0 Å². The SMILES string of the molecule is CNc1ccc(C(=O)N2CC(C)(C)OC(C)(C)C2)c(C)c1. The fraction of sp³-hybridized carbons (Fsp3) is 0.588. The van der Waals surface area contributed by atoms with Crippen LogP contribution in [0.5, 0.6) is 0 Å². The van der Waals surface area contributed by atoms with E-state index in [4.69, 9.17) is 4.74 Å². The standard InChI is InChI=1S/C17H26N2O2/c1-12-9-13(18-6)7-8-14(12)15(20)19-10-16(2,3)21-17(4,5)11-19/h7-9,18H,10-11H2,1-6H3. The van der Waals surface area contributed by atoms with Gasteiger partial charge in [-0.2, -0.15) is 0 Å². The van der Waals surface area contributed by atoms with Crippen LogP contribution in [-0.4, -0.2) is 42.1 Å². The number of hydrogen-bond donors (Lipinski definition) is 1. The normalized spacial score (nSPS) is 20.2. The molecule has 1 heterocycles. The zero-order valence-electron chi connectivity index (χ0n) is 13.9. The van der Waals surface area contributed by atoms with Crippen LogP contribution >= 0.6 is 0 Å². The second kappa shape index (κ2) is 5.34. The predicted octanol–water partition coefficient (Wildman–Crippen LogP) is 3.07. The van der Waals surface area contributed by atoms with Crippen LogP contribution in [0.3, 0.4) is 0 Å². The van der Waals surface area contributed by atoms with Gasteiger partial charge < -0.3 is 15.0 Å². The van der Waals surface area contributed by atoms with Crippen LogP contribution in [0.1, 0.15) is 43.6 Å². The number of anilines is 1. The van der Waals surface area contributed by atoms with Gasteiger partial charge in [0.1, 0.15) is 0 Å². The van der Waals surface area contributed by atoms with Gasteiger partial charge in [0, 0.05) is 31.4 Å². The molecule has 4 heteroatoms. The van der Waals surface area contributed by atoms with E-state index in [0.717, 1.165) is 16.8 Å². The quantitative estimate of drug-likeness (QED) is 0.910. The number of morpholine rings is 1. The monoisotopic (exact) mass is 290 g/mol. The zero-order valence-corrected chi connectivity index (χ0v) is 13.9. The minimum atomic E-state index is -0.323. The summed E-state index contributed by atoms with van der Waals surface area (Å²) in [7, 11) is 1.88. The van der Waals surface area contributed by atoms with Crippen LogP contribution < -0.4 is 5.32 Å². The number of ether oxygens (including phenoxy) is 1. The summed E-state index contributed by atoms with van der Waals surface area (Å²) in [4.78, 5) is 14.8. The number of hydrogen-bond acceptors (Lipinski definition) is 3. The summed E-state index contributed by atoms with van der Waals surface area (Å²) in [5.74, 6) is 0.0830. The summed E-state index contributed by atoms with van der Waals surface area (Å²) in [6.45, 7) is 11.3. The van der Waals surface area contributed by atoms with Gasteiger partial charge in [-0.15, -0.1) is 0 Å². The first kappa shape index (κ1) is 15.8. The van der Waals surface area contributed by atoms with Gasteiger partial charge in [-0.25, -0.2) is 0 Å². The number of amides is 1. The lowest BCUT2D eigenvalue weighted by atomic mass is 9.97. The van der Waals surface area contributed by atoms with E-state index in [2.05, 4.69) is 5.32 Å². The highest BCUT2D eigenvalue weighted by Crippen LogP contribution is 2.29. The number of nitrogens with zero attached hydrogens (tertiary/aromatic N) is 1. The van der Waals surface area contributed by atoms with Crippen LogP contribution in [0.25, 0.3) is 0 Å². The third kappa shape index (κ3) is 3.56. The molecule has 0 saturated carbocycles. The number of aryl methyl sites for hydroxylation is 1. The van der Waals surface area contributed by atoms with Gasteiger partial charge in [-0.1, -0.05) is 0 Å². The second-order valence-electron chi connectivity index (χ2n) is 7.06. The fourth-order valence-electron chi connectivity index (χ4n) is 3.16. The minimum absolute atomic E-state index is 0.0830. The summed E-state index contributed by atoms with van der Waals surface area (Å²) in [5.41, 5.74) is 2.13. The Morgan fingerprint density at radius 2 is 1.76 bits per heavy atom. The van der Waals surface area contributed by atoms with Crippen LogP contribution in [0, 0.1) is 6.92 Å². The van der Waals surface area contributed by atoms with Crippen molar-refractivity contribution in [2.75, 3.05) is 25.5 Å². The predicted molar refractivity (Wildman–Crippen MR) is 85.9 cm³/mol. The van der Waals surface area contributed by atoms with Crippen molar-refractivity contribution in [2.45, 2.75) is 45.8 Å². The average molecular weight is 290 g/mol. The molecule has 1 aromatic rings. The molecule has 1 aliphatic rings. The van der Waals surface area contributed by atoms with Crippen molar-refractivity contribution < 1.29 is 9.53 Å². The highest BCUT2D eigenvalue weighted by atomic mass is 16.5. The smallest absolute Gasteiger partial charge is 0.254 e. The second-order valence-corrected chi connectivity index (χ2v) is 7.06. The van der Waals surface area contributed by atoms with Gasteiger partial charge in [0.15, 0.2) is 0 Å². The maximum Gasteiger partial charge on any atom is 0.254 e. The van der Waals surface area contributed by atoms with E-state index in [1.165, 1.54) is 0 Å². The molecule has 0 aliphatic carbocycles. The maximum atomic E-state index is 12.8. The average Bonchev–Trinajstić information content (AvgIpc) is 2.34. The number of benzene rings is 1. The lowest BCUT2D eigenvalue weighted by Gasteiger charge is -2.47. The summed E-state index contributed by atoms with van der Waals surface area (Å²) in [5, 5.41) is 3.09. The van der Waals surface area contributed by atoms with Gasteiger partial charge in [0.05, 0.1) is 11.2 Å². The van der Waals surface area contributed by atoms with Crippen molar-refractivity contribution in [1.82, 2.24) is 4.90 Å². The summed E-state index contributed by atoms with van der Waals surface area (Å²) in [6, 6.07) is 5.85. The first-order chi connectivity index (χ1) is 9.63. The third-order valence-electron chi connectivity index (χ3n) is 3.73. The molecule has 0 aromatic heterocycles. The highest BCUT2D eigenvalue weighted by molar-refractivity contribution is 5.96. The van der Waals surface area contributed by atoms with Crippen LogP contribution in [0.15, 0.2) is 18.2 Å². The molecule has 0 bridgehead atoms. The van der Waals surface area contributed by atoms with Crippen molar-refractivity contribution in [3.63, 3.8) is 0 Å². The highest BCUT2D eigenvalue weighted by Gasteiger charge is 2.40. The molecule has 1 aromatic carbocycles. The third-order valence-corrected chi connectivity index (χ3v) is 3.73. The number of nitrogens with one attached hydrogen (secondary N) is 1. The van der Waals surface area contributed by atoms with Crippen molar-refractivity contribution in [3.8, 4) is 0 Å². The Morgan fingerprint density at radius 3 is 2.24 bits per heavy atom. The van der Waals surface area contributed by atoms with Crippen molar-refractivity contribution in [2.24, 2.45) is 0 Å². The zero-order chi connectivity index (χ0) is 15.8. The Balaban J connectivity index is 2.27. The molecular weight excluding hydrogens is 264 g/mol. The number of carbonyl (C=O) groups is 1. The van der Waals surface area contributed by atoms with Crippen LogP contribution in [0.4, 0.5) is 5.69 Å². The Kier molecular flexibility index (Phi) is 4.02. The summed E-state index contributed by atoms with van der Waals surface area (Å²) < 4.78 is 6.04. The lowest BCUT2D eigenvalue weighted by molar-refractivity contribution is -0.171. The Labute approximate surface area is 127 Å². The summed E-state index contributed by atoms with van der Waals surface area (Å²) in [6.07, 6.45) is 0. The van der Waals surface area contributed by atoms with E-state index in [9.17, 15) is 4.79 Å². The van der Waals surface area contributed by atoms with E-state index in [-0.39, 0.29) is 17.1 Å². The molecule has 1 amide bonds. The van der Waals surface area contributed by atoms with Crippen LogP contribution in [0.2, 0.25) is 0 Å².